The van der Waals surface area contributed by atoms with E-state index in [1.165, 1.54) is 64.2 Å². The molecule has 0 aromatic rings. The normalized spacial score (nSPS) is 19.4. The van der Waals surface area contributed by atoms with Crippen molar-refractivity contribution in [3.63, 3.8) is 0 Å². The van der Waals surface area contributed by atoms with Gasteiger partial charge in [-0.25, -0.2) is 9.59 Å². The minimum absolute atomic E-state index is 0.189. The molecule has 0 bridgehead atoms. The molecule has 6 heteroatoms. The minimum Gasteiger partial charge on any atom is -0.480 e. The smallest absolute Gasteiger partial charge is 0.408 e. The van der Waals surface area contributed by atoms with E-state index in [1.54, 1.807) is 27.7 Å². The van der Waals surface area contributed by atoms with Crippen LogP contribution in [0.3, 0.4) is 0 Å². The first-order valence-corrected chi connectivity index (χ1v) is 11.2. The summed E-state index contributed by atoms with van der Waals surface area (Å²) in [4.78, 5) is 22.2. The highest BCUT2D eigenvalue weighted by molar-refractivity contribution is 5.80. The number of aliphatic carboxylic acids is 1. The van der Waals surface area contributed by atoms with Gasteiger partial charge in [0.2, 0.25) is 0 Å². The number of rotatable bonds is 6. The van der Waals surface area contributed by atoms with Crippen LogP contribution in [0.4, 0.5) is 4.79 Å². The minimum atomic E-state index is -1.10. The summed E-state index contributed by atoms with van der Waals surface area (Å²) in [5.41, 5.74) is 0.0413. The number of ether oxygens (including phenoxy) is 1. The SMILES string of the molecule is C1CCC(NC2CCCCC2)CC1.C=C(C)C[C@H](NC(=O)OC(C)(C)C)C(=O)O. The van der Waals surface area contributed by atoms with Gasteiger partial charge in [0.25, 0.3) is 0 Å². The molecule has 3 N–H and O–H groups in total. The number of carbonyl (C=O) groups excluding carboxylic acids is 1. The Labute approximate surface area is 176 Å². The molecule has 0 spiro atoms. The predicted molar refractivity (Wildman–Crippen MR) is 117 cm³/mol. The number of hydrogen-bond acceptors (Lipinski definition) is 4. The average Bonchev–Trinajstić information content (AvgIpc) is 2.61. The Morgan fingerprint density at radius 1 is 1.00 bits per heavy atom. The summed E-state index contributed by atoms with van der Waals surface area (Å²) in [6, 6.07) is 0.751. The van der Waals surface area contributed by atoms with Gasteiger partial charge in [-0.3, -0.25) is 0 Å². The first kappa shape index (κ1) is 25.5. The molecule has 0 aromatic heterocycles. The van der Waals surface area contributed by atoms with Gasteiger partial charge in [0, 0.05) is 12.1 Å². The van der Waals surface area contributed by atoms with Crippen molar-refractivity contribution in [2.75, 3.05) is 0 Å². The van der Waals surface area contributed by atoms with Crippen LogP contribution in [0.15, 0.2) is 12.2 Å². The molecule has 0 heterocycles. The zero-order valence-corrected chi connectivity index (χ0v) is 18.9. The van der Waals surface area contributed by atoms with Crippen LogP contribution in [0.1, 0.15) is 98.3 Å². The molecule has 0 aliphatic heterocycles. The molecule has 0 radical (unpaired) electrons. The summed E-state index contributed by atoms with van der Waals surface area (Å²) >= 11 is 0. The lowest BCUT2D eigenvalue weighted by atomic mass is 9.91. The molecule has 29 heavy (non-hydrogen) atoms. The number of carboxylic acid groups (broad SMARTS) is 1. The lowest BCUT2D eigenvalue weighted by Crippen LogP contribution is -2.43. The molecular formula is C23H42N2O4. The van der Waals surface area contributed by atoms with E-state index >= 15 is 0 Å². The predicted octanol–water partition coefficient (Wildman–Crippen LogP) is 5.17. The third-order valence-corrected chi connectivity index (χ3v) is 5.22. The molecule has 2 fully saturated rings. The van der Waals surface area contributed by atoms with E-state index in [9.17, 15) is 9.59 Å². The number of alkyl carbamates (subject to hydrolysis) is 1. The van der Waals surface area contributed by atoms with Crippen molar-refractivity contribution in [3.8, 4) is 0 Å². The van der Waals surface area contributed by atoms with Crippen molar-refractivity contribution in [2.24, 2.45) is 0 Å². The van der Waals surface area contributed by atoms with Crippen molar-refractivity contribution < 1.29 is 19.4 Å². The fourth-order valence-corrected chi connectivity index (χ4v) is 3.87. The second-order valence-electron chi connectivity index (χ2n) is 9.53. The van der Waals surface area contributed by atoms with Crippen LogP contribution >= 0.6 is 0 Å². The number of nitrogens with one attached hydrogen (secondary N) is 2. The zero-order chi connectivity index (χ0) is 21.9. The van der Waals surface area contributed by atoms with Gasteiger partial charge in [-0.15, -0.1) is 6.58 Å². The Kier molecular flexibility index (Phi) is 11.3. The van der Waals surface area contributed by atoms with E-state index in [0.717, 1.165) is 12.1 Å². The molecule has 2 aliphatic carbocycles. The summed E-state index contributed by atoms with van der Waals surface area (Å²) in [6.45, 7) is 10.4. The standard InChI is InChI=1S/C12H23N.C11H19NO4/c1-3-7-11(8-4-1)13-12-9-5-2-6-10-12;1-7(2)6-8(9(13)14)12-10(15)16-11(3,4)5/h11-13H,1-10H2;8H,1,6H2,2-5H3,(H,12,15)(H,13,14)/t;8-/m.0/s1. The Balaban J connectivity index is 0.000000294. The summed E-state index contributed by atoms with van der Waals surface area (Å²) in [5, 5.41) is 15.0. The molecular weight excluding hydrogens is 368 g/mol. The maximum atomic E-state index is 11.3. The highest BCUT2D eigenvalue weighted by atomic mass is 16.6. The zero-order valence-electron chi connectivity index (χ0n) is 18.9. The summed E-state index contributed by atoms with van der Waals surface area (Å²) < 4.78 is 4.96. The maximum absolute atomic E-state index is 11.3. The van der Waals surface area contributed by atoms with Crippen LogP contribution in [0.5, 0.6) is 0 Å². The van der Waals surface area contributed by atoms with E-state index in [-0.39, 0.29) is 6.42 Å². The average molecular weight is 411 g/mol. The Hall–Kier alpha value is -1.56. The number of carbonyl (C=O) groups is 2. The van der Waals surface area contributed by atoms with Crippen LogP contribution in [-0.4, -0.2) is 40.9 Å². The second-order valence-corrected chi connectivity index (χ2v) is 9.53. The van der Waals surface area contributed by atoms with Crippen LogP contribution in [-0.2, 0) is 9.53 Å². The highest BCUT2D eigenvalue weighted by Crippen LogP contribution is 2.22. The molecule has 168 valence electrons. The first-order valence-electron chi connectivity index (χ1n) is 11.2. The Morgan fingerprint density at radius 2 is 1.45 bits per heavy atom. The fraction of sp³-hybridized carbons (Fsp3) is 0.826. The van der Waals surface area contributed by atoms with Gasteiger partial charge in [-0.1, -0.05) is 44.1 Å². The van der Waals surface area contributed by atoms with E-state index < -0.39 is 23.7 Å². The molecule has 1 atom stereocenters. The largest absolute Gasteiger partial charge is 0.480 e. The van der Waals surface area contributed by atoms with Crippen molar-refractivity contribution >= 4 is 12.1 Å². The van der Waals surface area contributed by atoms with Crippen molar-refractivity contribution in [1.29, 1.82) is 0 Å². The topological polar surface area (TPSA) is 87.7 Å². The number of hydrogen-bond donors (Lipinski definition) is 3. The van der Waals surface area contributed by atoms with Gasteiger partial charge in [-0.05, 0) is 59.8 Å². The van der Waals surface area contributed by atoms with Gasteiger partial charge in [0.05, 0.1) is 0 Å². The molecule has 0 aromatic carbocycles. The van der Waals surface area contributed by atoms with Gasteiger partial charge >= 0.3 is 12.1 Å². The van der Waals surface area contributed by atoms with Gasteiger partial charge in [0.1, 0.15) is 11.6 Å². The van der Waals surface area contributed by atoms with Crippen LogP contribution < -0.4 is 10.6 Å². The molecule has 6 nitrogen and oxygen atoms in total. The summed E-state index contributed by atoms with van der Waals surface area (Å²) in [5.74, 6) is -1.10. The van der Waals surface area contributed by atoms with E-state index in [4.69, 9.17) is 9.84 Å². The molecule has 1 amide bonds. The Bertz CT molecular complexity index is 499. The number of amides is 1. The highest BCUT2D eigenvalue weighted by Gasteiger charge is 2.23. The summed E-state index contributed by atoms with van der Waals surface area (Å²) in [6.07, 6.45) is 14.0. The summed E-state index contributed by atoms with van der Waals surface area (Å²) in [7, 11) is 0. The molecule has 0 saturated heterocycles. The van der Waals surface area contributed by atoms with Crippen molar-refractivity contribution in [2.45, 2.75) is 122 Å². The van der Waals surface area contributed by atoms with E-state index in [0.29, 0.717) is 5.57 Å². The molecule has 2 saturated carbocycles. The van der Waals surface area contributed by atoms with Gasteiger partial charge in [-0.2, -0.15) is 0 Å². The van der Waals surface area contributed by atoms with E-state index in [2.05, 4.69) is 17.2 Å². The number of carboxylic acids is 1. The fourth-order valence-electron chi connectivity index (χ4n) is 3.87. The van der Waals surface area contributed by atoms with Crippen LogP contribution in [0.2, 0.25) is 0 Å². The second kappa shape index (κ2) is 12.9. The monoisotopic (exact) mass is 410 g/mol. The third-order valence-electron chi connectivity index (χ3n) is 5.22. The van der Waals surface area contributed by atoms with Gasteiger partial charge < -0.3 is 20.5 Å². The molecule has 2 rings (SSSR count). The third kappa shape index (κ3) is 12.6. The maximum Gasteiger partial charge on any atom is 0.408 e. The van der Waals surface area contributed by atoms with Gasteiger partial charge in [0.15, 0.2) is 0 Å². The lowest BCUT2D eigenvalue weighted by Gasteiger charge is -2.30. The van der Waals surface area contributed by atoms with Crippen molar-refractivity contribution in [1.82, 2.24) is 10.6 Å². The Morgan fingerprint density at radius 3 is 1.79 bits per heavy atom. The van der Waals surface area contributed by atoms with Crippen LogP contribution in [0, 0.1) is 0 Å². The molecule has 2 aliphatic rings. The lowest BCUT2D eigenvalue weighted by molar-refractivity contribution is -0.139. The van der Waals surface area contributed by atoms with Crippen molar-refractivity contribution in [3.05, 3.63) is 12.2 Å². The molecule has 0 unspecified atom stereocenters. The first-order chi connectivity index (χ1) is 13.6. The quantitative estimate of drug-likeness (QED) is 0.526. The van der Waals surface area contributed by atoms with E-state index in [1.807, 2.05) is 0 Å². The van der Waals surface area contributed by atoms with Crippen LogP contribution in [0.25, 0.3) is 0 Å².